The maximum atomic E-state index is 6.02. The first-order chi connectivity index (χ1) is 7.18. The normalized spacial score (nSPS) is 27.5. The molecule has 0 bridgehead atoms. The van der Waals surface area contributed by atoms with Crippen LogP contribution in [0.5, 0.6) is 0 Å². The molecule has 0 radical (unpaired) electrons. The third kappa shape index (κ3) is 2.19. The molecule has 82 valence electrons. The number of rotatable bonds is 2. The van der Waals surface area contributed by atoms with Gasteiger partial charge in [0.2, 0.25) is 0 Å². The van der Waals surface area contributed by atoms with Gasteiger partial charge in [0.25, 0.3) is 0 Å². The highest BCUT2D eigenvalue weighted by atomic mass is 15.2. The van der Waals surface area contributed by atoms with Crippen LogP contribution in [0.15, 0.2) is 24.4 Å². The van der Waals surface area contributed by atoms with Crippen LogP contribution < -0.4 is 5.73 Å². The molecule has 1 aromatic heterocycles. The van der Waals surface area contributed by atoms with E-state index in [4.69, 9.17) is 5.73 Å². The zero-order valence-electron chi connectivity index (χ0n) is 9.43. The van der Waals surface area contributed by atoms with E-state index in [1.54, 1.807) is 0 Å². The van der Waals surface area contributed by atoms with Gasteiger partial charge in [0.15, 0.2) is 0 Å². The van der Waals surface area contributed by atoms with Crippen LogP contribution in [0.1, 0.15) is 32.0 Å². The van der Waals surface area contributed by atoms with Gasteiger partial charge in [-0.1, -0.05) is 6.07 Å². The van der Waals surface area contributed by atoms with Crippen molar-refractivity contribution < 1.29 is 0 Å². The molecule has 1 aliphatic rings. The Morgan fingerprint density at radius 3 is 2.87 bits per heavy atom. The lowest BCUT2D eigenvalue weighted by molar-refractivity contribution is 0.201. The highest BCUT2D eigenvalue weighted by Gasteiger charge is 2.33. The van der Waals surface area contributed by atoms with Crippen LogP contribution >= 0.6 is 0 Å². The molecule has 3 heteroatoms. The molecule has 1 saturated heterocycles. The minimum Gasteiger partial charge on any atom is -0.326 e. The molecular weight excluding hydrogens is 186 g/mol. The Kier molecular flexibility index (Phi) is 3.03. The van der Waals surface area contributed by atoms with Crippen molar-refractivity contribution in [1.82, 2.24) is 9.88 Å². The third-order valence-electron chi connectivity index (χ3n) is 3.06. The van der Waals surface area contributed by atoms with Gasteiger partial charge < -0.3 is 5.73 Å². The molecule has 1 fully saturated rings. The zero-order valence-corrected chi connectivity index (χ0v) is 9.43. The first-order valence-electron chi connectivity index (χ1n) is 5.60. The fraction of sp³-hybridized carbons (Fsp3) is 0.583. The minimum atomic E-state index is 0.291. The van der Waals surface area contributed by atoms with E-state index in [0.29, 0.717) is 18.1 Å². The maximum Gasteiger partial charge on any atom is 0.0576 e. The lowest BCUT2D eigenvalue weighted by Gasteiger charge is -2.27. The summed E-state index contributed by atoms with van der Waals surface area (Å²) in [4.78, 5) is 6.87. The van der Waals surface area contributed by atoms with Gasteiger partial charge in [0.05, 0.1) is 11.7 Å². The van der Waals surface area contributed by atoms with Crippen LogP contribution in [-0.4, -0.2) is 28.5 Å². The average molecular weight is 205 g/mol. The molecule has 2 heterocycles. The van der Waals surface area contributed by atoms with Gasteiger partial charge in [-0.05, 0) is 32.4 Å². The van der Waals surface area contributed by atoms with Gasteiger partial charge in [0.1, 0.15) is 0 Å². The van der Waals surface area contributed by atoms with Gasteiger partial charge in [-0.25, -0.2) is 0 Å². The summed E-state index contributed by atoms with van der Waals surface area (Å²) < 4.78 is 0. The number of nitrogens with two attached hydrogens (primary N) is 1. The van der Waals surface area contributed by atoms with Crippen LogP contribution in [0.25, 0.3) is 0 Å². The van der Waals surface area contributed by atoms with Crippen molar-refractivity contribution in [3.8, 4) is 0 Å². The minimum absolute atomic E-state index is 0.291. The van der Waals surface area contributed by atoms with Crippen molar-refractivity contribution in [1.29, 1.82) is 0 Å². The predicted molar refractivity (Wildman–Crippen MR) is 61.4 cm³/mol. The predicted octanol–water partition coefficient (Wildman–Crippen LogP) is 1.56. The Morgan fingerprint density at radius 1 is 1.47 bits per heavy atom. The molecule has 0 aromatic carbocycles. The molecule has 2 unspecified atom stereocenters. The van der Waals surface area contributed by atoms with Crippen LogP contribution in [0.2, 0.25) is 0 Å². The fourth-order valence-corrected chi connectivity index (χ4v) is 2.33. The highest BCUT2D eigenvalue weighted by molar-refractivity contribution is 5.12. The van der Waals surface area contributed by atoms with E-state index in [9.17, 15) is 0 Å². The number of aromatic nitrogens is 1. The number of likely N-dealkylation sites (tertiary alicyclic amines) is 1. The number of nitrogens with zero attached hydrogens (tertiary/aromatic N) is 2. The second-order valence-corrected chi connectivity index (χ2v) is 4.56. The van der Waals surface area contributed by atoms with Crippen molar-refractivity contribution in [3.05, 3.63) is 30.1 Å². The zero-order chi connectivity index (χ0) is 10.8. The molecule has 3 nitrogen and oxygen atoms in total. The van der Waals surface area contributed by atoms with Crippen molar-refractivity contribution >= 4 is 0 Å². The lowest BCUT2D eigenvalue weighted by Crippen LogP contribution is -2.33. The highest BCUT2D eigenvalue weighted by Crippen LogP contribution is 2.31. The van der Waals surface area contributed by atoms with Crippen LogP contribution in [-0.2, 0) is 0 Å². The summed E-state index contributed by atoms with van der Waals surface area (Å²) in [6.07, 6.45) is 2.88. The summed E-state index contributed by atoms with van der Waals surface area (Å²) in [6, 6.07) is 7.33. The molecule has 0 amide bonds. The largest absolute Gasteiger partial charge is 0.326 e. The van der Waals surface area contributed by atoms with E-state index < -0.39 is 0 Å². The van der Waals surface area contributed by atoms with Crippen LogP contribution in [0, 0.1) is 0 Å². The second-order valence-electron chi connectivity index (χ2n) is 4.56. The van der Waals surface area contributed by atoms with Gasteiger partial charge in [-0.2, -0.15) is 0 Å². The van der Waals surface area contributed by atoms with E-state index in [1.165, 1.54) is 0 Å². The van der Waals surface area contributed by atoms with Crippen molar-refractivity contribution in [2.45, 2.75) is 38.4 Å². The smallest absolute Gasteiger partial charge is 0.0576 e. The van der Waals surface area contributed by atoms with E-state index >= 15 is 0 Å². The molecule has 0 spiro atoms. The Morgan fingerprint density at radius 2 is 2.27 bits per heavy atom. The first kappa shape index (κ1) is 10.6. The van der Waals surface area contributed by atoms with Gasteiger partial charge in [-0.3, -0.25) is 9.88 Å². The topological polar surface area (TPSA) is 42.1 Å². The van der Waals surface area contributed by atoms with E-state index in [1.807, 2.05) is 18.3 Å². The molecular formula is C12H19N3. The monoisotopic (exact) mass is 205 g/mol. The molecule has 1 aromatic rings. The van der Waals surface area contributed by atoms with Gasteiger partial charge in [0, 0.05) is 24.8 Å². The molecule has 2 rings (SSSR count). The molecule has 1 aliphatic heterocycles. The SMILES string of the molecule is CC(C)N1CC(N)CC1c1ccccn1. The Balaban J connectivity index is 2.21. The molecule has 0 saturated carbocycles. The molecule has 0 aliphatic carbocycles. The maximum absolute atomic E-state index is 6.02. The first-order valence-corrected chi connectivity index (χ1v) is 5.60. The number of pyridine rings is 1. The molecule has 2 N–H and O–H groups in total. The van der Waals surface area contributed by atoms with Gasteiger partial charge >= 0.3 is 0 Å². The molecule has 2 atom stereocenters. The summed E-state index contributed by atoms with van der Waals surface area (Å²) in [7, 11) is 0. The van der Waals surface area contributed by atoms with Crippen molar-refractivity contribution in [3.63, 3.8) is 0 Å². The fourth-order valence-electron chi connectivity index (χ4n) is 2.33. The lowest BCUT2D eigenvalue weighted by atomic mass is 10.1. The Bertz CT molecular complexity index is 310. The summed E-state index contributed by atoms with van der Waals surface area (Å²) >= 11 is 0. The molecule has 15 heavy (non-hydrogen) atoms. The quantitative estimate of drug-likeness (QED) is 0.796. The third-order valence-corrected chi connectivity index (χ3v) is 3.06. The van der Waals surface area contributed by atoms with E-state index in [2.05, 4.69) is 29.8 Å². The summed E-state index contributed by atoms with van der Waals surface area (Å²) in [5, 5.41) is 0. The van der Waals surface area contributed by atoms with Crippen LogP contribution in [0.4, 0.5) is 0 Å². The summed E-state index contributed by atoms with van der Waals surface area (Å²) in [5.41, 5.74) is 7.17. The van der Waals surface area contributed by atoms with Crippen LogP contribution in [0.3, 0.4) is 0 Å². The second kappa shape index (κ2) is 4.29. The Hall–Kier alpha value is -0.930. The summed E-state index contributed by atoms with van der Waals surface area (Å²) in [5.74, 6) is 0. The van der Waals surface area contributed by atoms with E-state index in [-0.39, 0.29) is 0 Å². The average Bonchev–Trinajstić information content (AvgIpc) is 2.62. The van der Waals surface area contributed by atoms with Gasteiger partial charge in [-0.15, -0.1) is 0 Å². The summed E-state index contributed by atoms with van der Waals surface area (Å²) in [6.45, 7) is 5.42. The standard InChI is InChI=1S/C12H19N3/c1-9(2)15-8-10(13)7-12(15)11-5-3-4-6-14-11/h3-6,9-10,12H,7-8,13H2,1-2H3. The number of hydrogen-bond acceptors (Lipinski definition) is 3. The van der Waals surface area contributed by atoms with Crippen molar-refractivity contribution in [2.75, 3.05) is 6.54 Å². The van der Waals surface area contributed by atoms with E-state index in [0.717, 1.165) is 18.7 Å². The van der Waals surface area contributed by atoms with Crippen molar-refractivity contribution in [2.24, 2.45) is 5.73 Å². The number of hydrogen-bond donors (Lipinski definition) is 1. The Labute approximate surface area is 91.3 Å².